The third-order valence-electron chi connectivity index (χ3n) is 1.82. The van der Waals surface area contributed by atoms with Crippen LogP contribution in [0, 0.1) is 10.1 Å². The molecule has 1 rings (SSSR count). The third-order valence-corrected chi connectivity index (χ3v) is 3.03. The van der Waals surface area contributed by atoms with E-state index in [-0.39, 0.29) is 0 Å². The summed E-state index contributed by atoms with van der Waals surface area (Å²) in [4.78, 5) is 24.8. The number of aliphatic carboxylic acids is 1. The number of carboxylic acid groups (broad SMARTS) is 1. The summed E-state index contributed by atoms with van der Waals surface area (Å²) in [5.74, 6) is -2.10. The molecule has 0 aromatic heterocycles. The van der Waals surface area contributed by atoms with Gasteiger partial charge in [-0.1, -0.05) is 4.89 Å². The molecule has 0 aliphatic heterocycles. The van der Waals surface area contributed by atoms with Gasteiger partial charge in [0.15, 0.2) is 12.4 Å². The number of rotatable bonds is 6. The average molecular weight is 292 g/mol. The second-order valence-corrected chi connectivity index (χ2v) is 4.82. The molecule has 0 fully saturated rings. The van der Waals surface area contributed by atoms with Crippen LogP contribution in [-0.4, -0.2) is 36.1 Å². The van der Waals surface area contributed by atoms with Crippen molar-refractivity contribution in [1.82, 2.24) is 4.89 Å². The van der Waals surface area contributed by atoms with Crippen molar-refractivity contribution < 1.29 is 33.2 Å². The summed E-state index contributed by atoms with van der Waals surface area (Å²) in [6.45, 7) is -0.917. The number of nitro groups is 1. The number of nitrogens with zero attached hydrogens (tertiary/aromatic N) is 1. The lowest BCUT2D eigenvalue weighted by atomic mass is 10.3. The number of carboxylic acids is 1. The number of carbonyl (C=O) groups is 1. The predicted octanol–water partition coefficient (Wildman–Crippen LogP) is -0.405. The van der Waals surface area contributed by atoms with E-state index in [2.05, 4.69) is 4.84 Å². The molecule has 3 N–H and O–H groups in total. The lowest BCUT2D eigenvalue weighted by Crippen LogP contribution is -2.26. The van der Waals surface area contributed by atoms with Crippen LogP contribution in [0.4, 0.5) is 5.69 Å². The molecule has 11 heteroatoms. The summed E-state index contributed by atoms with van der Waals surface area (Å²) < 4.78 is 23.1. The number of hydrogen-bond acceptors (Lipinski definition) is 7. The van der Waals surface area contributed by atoms with Gasteiger partial charge >= 0.3 is 11.7 Å². The summed E-state index contributed by atoms with van der Waals surface area (Å²) in [5, 5.41) is 27.9. The average Bonchev–Trinajstić information content (AvgIpc) is 2.27. The van der Waals surface area contributed by atoms with Gasteiger partial charge in [-0.2, -0.15) is 0 Å². The number of sulfonamides is 1. The molecule has 0 bridgehead atoms. The number of nitro benzene ring substituents is 1. The van der Waals surface area contributed by atoms with Gasteiger partial charge in [-0.25, -0.2) is 13.2 Å². The summed E-state index contributed by atoms with van der Waals surface area (Å²) in [7, 11) is -4.28. The molecule has 10 nitrogen and oxygen atoms in total. The first-order chi connectivity index (χ1) is 8.74. The third kappa shape index (κ3) is 3.87. The molecule has 1 aromatic carbocycles. The summed E-state index contributed by atoms with van der Waals surface area (Å²) in [6.07, 6.45) is 0. The summed E-state index contributed by atoms with van der Waals surface area (Å²) in [5.41, 5.74) is -0.805. The van der Waals surface area contributed by atoms with Crippen LogP contribution in [0.2, 0.25) is 0 Å². The van der Waals surface area contributed by atoms with Gasteiger partial charge in [-0.15, -0.1) is 0 Å². The fourth-order valence-electron chi connectivity index (χ4n) is 1.03. The van der Waals surface area contributed by atoms with Gasteiger partial charge in [-0.05, 0) is 12.1 Å². The van der Waals surface area contributed by atoms with Crippen LogP contribution >= 0.6 is 0 Å². The zero-order chi connectivity index (χ0) is 14.6. The molecule has 1 aromatic rings. The van der Waals surface area contributed by atoms with Crippen LogP contribution in [0.15, 0.2) is 23.1 Å². The maximum atomic E-state index is 11.6. The maximum absolute atomic E-state index is 11.6. The van der Waals surface area contributed by atoms with E-state index in [1.807, 2.05) is 0 Å². The molecule has 0 radical (unpaired) electrons. The van der Waals surface area contributed by atoms with Crippen molar-refractivity contribution in [2.24, 2.45) is 0 Å². The molecule has 0 saturated heterocycles. The Kier molecular flexibility index (Phi) is 4.37. The zero-order valence-corrected chi connectivity index (χ0v) is 9.96. The van der Waals surface area contributed by atoms with Crippen LogP contribution < -0.4 is 4.89 Å². The highest BCUT2D eigenvalue weighted by molar-refractivity contribution is 7.89. The second-order valence-electron chi connectivity index (χ2n) is 3.18. The topological polar surface area (TPSA) is 156 Å². The smallest absolute Gasteiger partial charge is 0.331 e. The minimum absolute atomic E-state index is 0.553. The van der Waals surface area contributed by atoms with E-state index in [0.29, 0.717) is 6.07 Å². The number of benzene rings is 1. The van der Waals surface area contributed by atoms with Crippen molar-refractivity contribution >= 4 is 21.7 Å². The standard InChI is InChI=1S/C8H8N2O8S/c11-7-2-1-5(3-6(7)10(14)15)19(16,17)9-18-4-8(12)13/h1-3,9,11H,4H2,(H,12,13). The van der Waals surface area contributed by atoms with Crippen LogP contribution in [0.1, 0.15) is 0 Å². The number of hydrogen-bond donors (Lipinski definition) is 3. The maximum Gasteiger partial charge on any atom is 0.331 e. The first kappa shape index (κ1) is 14.8. The number of phenolic OH excluding ortho intramolecular Hbond substituents is 1. The molecule has 0 amide bonds. The predicted molar refractivity (Wildman–Crippen MR) is 58.7 cm³/mol. The van der Waals surface area contributed by atoms with Gasteiger partial charge in [0.25, 0.3) is 10.0 Å². The molecule has 104 valence electrons. The van der Waals surface area contributed by atoms with E-state index >= 15 is 0 Å². The number of aromatic hydroxyl groups is 1. The molecule has 0 aliphatic carbocycles. The Morgan fingerprint density at radius 1 is 1.47 bits per heavy atom. The molecule has 0 heterocycles. The molecule has 0 spiro atoms. The fourth-order valence-corrected chi connectivity index (χ4v) is 1.86. The Hall–Kier alpha value is -2.24. The lowest BCUT2D eigenvalue weighted by molar-refractivity contribution is -0.386. The van der Waals surface area contributed by atoms with Crippen molar-refractivity contribution in [2.45, 2.75) is 4.90 Å². The SMILES string of the molecule is O=C(O)CONS(=O)(=O)c1ccc(O)c([N+](=O)[O-])c1. The van der Waals surface area contributed by atoms with Gasteiger partial charge in [0.1, 0.15) is 0 Å². The van der Waals surface area contributed by atoms with E-state index in [4.69, 9.17) is 10.2 Å². The minimum atomic E-state index is -4.28. The molecule has 0 aliphatic rings. The van der Waals surface area contributed by atoms with Gasteiger partial charge in [0.05, 0.1) is 9.82 Å². The van der Waals surface area contributed by atoms with Crippen LogP contribution in [0.3, 0.4) is 0 Å². The number of nitrogens with one attached hydrogen (secondary N) is 1. The molecule has 0 unspecified atom stereocenters. The van der Waals surface area contributed by atoms with E-state index in [0.717, 1.165) is 12.1 Å². The molecular weight excluding hydrogens is 284 g/mol. The van der Waals surface area contributed by atoms with E-state index in [1.54, 1.807) is 0 Å². The minimum Gasteiger partial charge on any atom is -0.502 e. The molecular formula is C8H8N2O8S. The van der Waals surface area contributed by atoms with E-state index in [9.17, 15) is 23.3 Å². The highest BCUT2D eigenvalue weighted by atomic mass is 32.2. The fraction of sp³-hybridized carbons (Fsp3) is 0.125. The van der Waals surface area contributed by atoms with E-state index < -0.39 is 43.9 Å². The Morgan fingerprint density at radius 2 is 2.11 bits per heavy atom. The Morgan fingerprint density at radius 3 is 2.63 bits per heavy atom. The summed E-state index contributed by atoms with van der Waals surface area (Å²) >= 11 is 0. The Bertz CT molecular complexity index is 611. The van der Waals surface area contributed by atoms with Gasteiger partial charge in [-0.3, -0.25) is 15.0 Å². The van der Waals surface area contributed by atoms with Crippen molar-refractivity contribution in [3.05, 3.63) is 28.3 Å². The molecule has 0 atom stereocenters. The second kappa shape index (κ2) is 5.60. The van der Waals surface area contributed by atoms with Crippen molar-refractivity contribution in [1.29, 1.82) is 0 Å². The highest BCUT2D eigenvalue weighted by Gasteiger charge is 2.21. The van der Waals surface area contributed by atoms with Crippen LogP contribution in [0.5, 0.6) is 5.75 Å². The normalized spacial score (nSPS) is 11.2. The molecule has 0 saturated carbocycles. The van der Waals surface area contributed by atoms with Crippen molar-refractivity contribution in [3.63, 3.8) is 0 Å². The quantitative estimate of drug-likeness (QED) is 0.472. The summed E-state index contributed by atoms with van der Waals surface area (Å²) in [6, 6.07) is 2.33. The zero-order valence-electron chi connectivity index (χ0n) is 9.14. The van der Waals surface area contributed by atoms with Crippen LogP contribution in [0.25, 0.3) is 0 Å². The molecule has 19 heavy (non-hydrogen) atoms. The Balaban J connectivity index is 2.99. The Labute approximate surface area is 106 Å². The van der Waals surface area contributed by atoms with Gasteiger partial charge in [0.2, 0.25) is 0 Å². The van der Waals surface area contributed by atoms with Crippen LogP contribution in [-0.2, 0) is 19.7 Å². The largest absolute Gasteiger partial charge is 0.502 e. The van der Waals surface area contributed by atoms with Gasteiger partial charge in [0, 0.05) is 6.07 Å². The lowest BCUT2D eigenvalue weighted by Gasteiger charge is -2.05. The van der Waals surface area contributed by atoms with Gasteiger partial charge < -0.3 is 10.2 Å². The van der Waals surface area contributed by atoms with Crippen molar-refractivity contribution in [3.8, 4) is 5.75 Å². The van der Waals surface area contributed by atoms with E-state index in [1.165, 1.54) is 4.89 Å². The first-order valence-corrected chi connectivity index (χ1v) is 6.05. The first-order valence-electron chi connectivity index (χ1n) is 4.57. The van der Waals surface area contributed by atoms with Crippen molar-refractivity contribution in [2.75, 3.05) is 6.61 Å². The highest BCUT2D eigenvalue weighted by Crippen LogP contribution is 2.27. The number of phenols is 1. The monoisotopic (exact) mass is 292 g/mol.